The van der Waals surface area contributed by atoms with E-state index < -0.39 is 0 Å². The number of hydrogen-bond donors (Lipinski definition) is 1. The minimum atomic E-state index is -0.386. The third-order valence-corrected chi connectivity index (χ3v) is 3.77. The lowest BCUT2D eigenvalue weighted by Gasteiger charge is -2.38. The van der Waals surface area contributed by atoms with Crippen LogP contribution in [0.4, 0.5) is 0 Å². The standard InChI is InChI=1S/C16H22N2O2/c1-3-8-13-16(20)18(4-2)14(15(19)17-13)11-12-9-6-5-7-10-12/h5-7,9-10,13-14H,3-4,8,11H2,1-2H3,(H,17,19). The van der Waals surface area contributed by atoms with Crippen molar-refractivity contribution in [1.29, 1.82) is 0 Å². The Balaban J connectivity index is 2.16. The van der Waals surface area contributed by atoms with Crippen molar-refractivity contribution in [2.75, 3.05) is 6.54 Å². The Hall–Kier alpha value is -1.84. The van der Waals surface area contributed by atoms with Gasteiger partial charge in [-0.3, -0.25) is 9.59 Å². The fourth-order valence-corrected chi connectivity index (χ4v) is 2.73. The van der Waals surface area contributed by atoms with Gasteiger partial charge in [0.2, 0.25) is 11.8 Å². The molecule has 1 heterocycles. The molecule has 2 amide bonds. The van der Waals surface area contributed by atoms with Crippen LogP contribution < -0.4 is 5.32 Å². The zero-order valence-corrected chi connectivity index (χ0v) is 12.1. The van der Waals surface area contributed by atoms with Crippen LogP contribution in [0.15, 0.2) is 30.3 Å². The molecule has 1 N–H and O–H groups in total. The Morgan fingerprint density at radius 2 is 1.85 bits per heavy atom. The summed E-state index contributed by atoms with van der Waals surface area (Å²) >= 11 is 0. The summed E-state index contributed by atoms with van der Waals surface area (Å²) in [5.41, 5.74) is 1.08. The van der Waals surface area contributed by atoms with E-state index in [1.54, 1.807) is 4.90 Å². The molecule has 0 bridgehead atoms. The zero-order chi connectivity index (χ0) is 14.5. The molecule has 0 saturated carbocycles. The summed E-state index contributed by atoms with van der Waals surface area (Å²) in [7, 11) is 0. The van der Waals surface area contributed by atoms with E-state index in [9.17, 15) is 9.59 Å². The van der Waals surface area contributed by atoms with E-state index in [1.165, 1.54) is 0 Å². The second-order valence-electron chi connectivity index (χ2n) is 5.18. The van der Waals surface area contributed by atoms with Crippen molar-refractivity contribution in [2.45, 2.75) is 45.2 Å². The first kappa shape index (κ1) is 14.6. The number of carbonyl (C=O) groups is 2. The van der Waals surface area contributed by atoms with Crippen LogP contribution in [-0.4, -0.2) is 35.3 Å². The lowest BCUT2D eigenvalue weighted by molar-refractivity contribution is -0.149. The van der Waals surface area contributed by atoms with E-state index in [-0.39, 0.29) is 23.9 Å². The van der Waals surface area contributed by atoms with Crippen molar-refractivity contribution in [3.05, 3.63) is 35.9 Å². The van der Waals surface area contributed by atoms with Crippen LogP contribution in [-0.2, 0) is 16.0 Å². The molecule has 2 atom stereocenters. The molecule has 2 rings (SSSR count). The summed E-state index contributed by atoms with van der Waals surface area (Å²) < 4.78 is 0. The Morgan fingerprint density at radius 1 is 1.15 bits per heavy atom. The number of piperazine rings is 1. The predicted octanol–water partition coefficient (Wildman–Crippen LogP) is 1.74. The predicted molar refractivity (Wildman–Crippen MR) is 78.2 cm³/mol. The highest BCUT2D eigenvalue weighted by molar-refractivity contribution is 5.97. The van der Waals surface area contributed by atoms with E-state index in [0.29, 0.717) is 19.4 Å². The van der Waals surface area contributed by atoms with Crippen LogP contribution in [0.25, 0.3) is 0 Å². The highest BCUT2D eigenvalue weighted by Gasteiger charge is 2.38. The van der Waals surface area contributed by atoms with Gasteiger partial charge < -0.3 is 10.2 Å². The number of hydrogen-bond acceptors (Lipinski definition) is 2. The van der Waals surface area contributed by atoms with Gasteiger partial charge in [0.1, 0.15) is 12.1 Å². The third kappa shape index (κ3) is 3.00. The first-order valence-electron chi connectivity index (χ1n) is 7.32. The molecule has 1 aliphatic rings. The summed E-state index contributed by atoms with van der Waals surface area (Å²) in [6.45, 7) is 4.52. The fraction of sp³-hybridized carbons (Fsp3) is 0.500. The maximum atomic E-state index is 12.4. The van der Waals surface area contributed by atoms with Crippen molar-refractivity contribution < 1.29 is 9.59 Å². The van der Waals surface area contributed by atoms with Crippen molar-refractivity contribution in [1.82, 2.24) is 10.2 Å². The lowest BCUT2D eigenvalue weighted by Crippen LogP contribution is -2.63. The van der Waals surface area contributed by atoms with E-state index in [4.69, 9.17) is 0 Å². The first-order chi connectivity index (χ1) is 9.67. The second kappa shape index (κ2) is 6.55. The van der Waals surface area contributed by atoms with Gasteiger partial charge in [0.15, 0.2) is 0 Å². The quantitative estimate of drug-likeness (QED) is 0.889. The van der Waals surface area contributed by atoms with E-state index in [2.05, 4.69) is 5.32 Å². The average molecular weight is 274 g/mol. The Morgan fingerprint density at radius 3 is 2.45 bits per heavy atom. The molecule has 0 radical (unpaired) electrons. The molecule has 4 nitrogen and oxygen atoms in total. The van der Waals surface area contributed by atoms with Crippen LogP contribution in [0.1, 0.15) is 32.3 Å². The van der Waals surface area contributed by atoms with Crippen LogP contribution in [0.2, 0.25) is 0 Å². The van der Waals surface area contributed by atoms with Gasteiger partial charge >= 0.3 is 0 Å². The highest BCUT2D eigenvalue weighted by atomic mass is 16.2. The molecule has 1 fully saturated rings. The number of rotatable bonds is 5. The molecule has 108 valence electrons. The summed E-state index contributed by atoms with van der Waals surface area (Å²) in [5.74, 6) is 0.0173. The molecular weight excluding hydrogens is 252 g/mol. The Labute approximate surface area is 120 Å². The summed E-state index contributed by atoms with van der Waals surface area (Å²) in [5, 5.41) is 2.87. The first-order valence-corrected chi connectivity index (χ1v) is 7.32. The molecule has 1 aromatic rings. The van der Waals surface area contributed by atoms with Gasteiger partial charge in [-0.1, -0.05) is 43.7 Å². The molecule has 4 heteroatoms. The second-order valence-corrected chi connectivity index (χ2v) is 5.18. The molecule has 1 aliphatic heterocycles. The molecule has 20 heavy (non-hydrogen) atoms. The van der Waals surface area contributed by atoms with Crippen LogP contribution in [0.3, 0.4) is 0 Å². The molecule has 0 aromatic heterocycles. The number of carbonyl (C=O) groups excluding carboxylic acids is 2. The average Bonchev–Trinajstić information content (AvgIpc) is 2.46. The van der Waals surface area contributed by atoms with Gasteiger partial charge in [0, 0.05) is 13.0 Å². The lowest BCUT2D eigenvalue weighted by atomic mass is 9.98. The van der Waals surface area contributed by atoms with Crippen LogP contribution >= 0.6 is 0 Å². The summed E-state index contributed by atoms with van der Waals surface area (Å²) in [6, 6.07) is 9.10. The van der Waals surface area contributed by atoms with Gasteiger partial charge in [-0.15, -0.1) is 0 Å². The number of benzene rings is 1. The van der Waals surface area contributed by atoms with Crippen molar-refractivity contribution in [3.63, 3.8) is 0 Å². The molecular formula is C16H22N2O2. The van der Waals surface area contributed by atoms with E-state index >= 15 is 0 Å². The number of nitrogens with zero attached hydrogens (tertiary/aromatic N) is 1. The van der Waals surface area contributed by atoms with Crippen molar-refractivity contribution in [2.24, 2.45) is 0 Å². The normalized spacial score (nSPS) is 22.8. The fourth-order valence-electron chi connectivity index (χ4n) is 2.73. The topological polar surface area (TPSA) is 49.4 Å². The van der Waals surface area contributed by atoms with Crippen LogP contribution in [0, 0.1) is 0 Å². The van der Waals surface area contributed by atoms with Gasteiger partial charge in [-0.25, -0.2) is 0 Å². The van der Waals surface area contributed by atoms with E-state index in [0.717, 1.165) is 12.0 Å². The van der Waals surface area contributed by atoms with Gasteiger partial charge in [0.25, 0.3) is 0 Å². The molecule has 0 spiro atoms. The SMILES string of the molecule is CCCC1NC(=O)C(Cc2ccccc2)N(CC)C1=O. The summed E-state index contributed by atoms with van der Waals surface area (Å²) in [6.07, 6.45) is 2.17. The largest absolute Gasteiger partial charge is 0.342 e. The molecule has 2 unspecified atom stereocenters. The minimum Gasteiger partial charge on any atom is -0.342 e. The van der Waals surface area contributed by atoms with Crippen molar-refractivity contribution >= 4 is 11.8 Å². The van der Waals surface area contributed by atoms with Gasteiger partial charge in [-0.05, 0) is 18.9 Å². The summed E-state index contributed by atoms with van der Waals surface area (Å²) in [4.78, 5) is 26.4. The zero-order valence-electron chi connectivity index (χ0n) is 12.1. The van der Waals surface area contributed by atoms with Crippen molar-refractivity contribution in [3.8, 4) is 0 Å². The Kier molecular flexibility index (Phi) is 4.77. The number of nitrogens with one attached hydrogen (secondary N) is 1. The minimum absolute atomic E-state index is 0.0336. The van der Waals surface area contributed by atoms with Gasteiger partial charge in [-0.2, -0.15) is 0 Å². The number of likely N-dealkylation sites (N-methyl/N-ethyl adjacent to an activating group) is 1. The van der Waals surface area contributed by atoms with Crippen LogP contribution in [0.5, 0.6) is 0 Å². The number of amides is 2. The monoisotopic (exact) mass is 274 g/mol. The smallest absolute Gasteiger partial charge is 0.245 e. The third-order valence-electron chi connectivity index (χ3n) is 3.77. The van der Waals surface area contributed by atoms with E-state index in [1.807, 2.05) is 44.2 Å². The molecule has 0 aliphatic carbocycles. The highest BCUT2D eigenvalue weighted by Crippen LogP contribution is 2.17. The maximum absolute atomic E-state index is 12.4. The molecule has 1 aromatic carbocycles. The Bertz CT molecular complexity index is 473. The maximum Gasteiger partial charge on any atom is 0.245 e. The molecule has 1 saturated heterocycles. The van der Waals surface area contributed by atoms with Gasteiger partial charge in [0.05, 0.1) is 0 Å².